The summed E-state index contributed by atoms with van der Waals surface area (Å²) in [6, 6.07) is 0. The van der Waals surface area contributed by atoms with E-state index in [2.05, 4.69) is 13.8 Å². The summed E-state index contributed by atoms with van der Waals surface area (Å²) in [6.07, 6.45) is 31.4. The monoisotopic (exact) mass is 571 g/mol. The Morgan fingerprint density at radius 2 is 0.850 bits per heavy atom. The van der Waals surface area contributed by atoms with E-state index in [0.717, 1.165) is 25.7 Å². The van der Waals surface area contributed by atoms with E-state index in [1.54, 1.807) is 0 Å². The third-order valence-electron chi connectivity index (χ3n) is 8.37. The molecule has 0 radical (unpaired) electrons. The molecule has 3 atom stereocenters. The predicted octanol–water partition coefficient (Wildman–Crippen LogP) is 9.43. The van der Waals surface area contributed by atoms with Gasteiger partial charge >= 0.3 is 5.97 Å². The van der Waals surface area contributed by atoms with Gasteiger partial charge in [0.15, 0.2) is 0 Å². The van der Waals surface area contributed by atoms with E-state index in [1.165, 1.54) is 135 Å². The van der Waals surface area contributed by atoms with Gasteiger partial charge in [-0.05, 0) is 12.8 Å². The van der Waals surface area contributed by atoms with Crippen LogP contribution in [0.2, 0.25) is 0 Å². The molecule has 0 bridgehead atoms. The molecule has 0 aliphatic rings. The summed E-state index contributed by atoms with van der Waals surface area (Å²) in [5, 5.41) is 29.4. The van der Waals surface area contributed by atoms with Gasteiger partial charge in [-0.25, -0.2) is 0 Å². The van der Waals surface area contributed by atoms with Gasteiger partial charge in [0, 0.05) is 0 Å². The first-order chi connectivity index (χ1) is 19.6. The first-order valence-electron chi connectivity index (χ1n) is 17.7. The zero-order valence-electron chi connectivity index (χ0n) is 26.9. The first kappa shape index (κ1) is 39.4. The molecule has 3 N–H and O–H groups in total. The number of unbranched alkanes of at least 4 members (excludes halogenated alkanes) is 23. The number of aliphatic hydroxyl groups excluding tert-OH is 3. The molecule has 0 heterocycles. The van der Waals surface area contributed by atoms with E-state index < -0.39 is 30.7 Å². The molecule has 0 amide bonds. The third-order valence-corrected chi connectivity index (χ3v) is 8.37. The normalized spacial score (nSPS) is 13.8. The molecular weight excluding hydrogens is 500 g/mol. The molecule has 5 nitrogen and oxygen atoms in total. The fraction of sp³-hybridized carbons (Fsp3) is 0.971. The summed E-state index contributed by atoms with van der Waals surface area (Å²) in [5.41, 5.74) is 0. The molecule has 0 aliphatic heterocycles. The van der Waals surface area contributed by atoms with E-state index in [-0.39, 0.29) is 6.61 Å². The summed E-state index contributed by atoms with van der Waals surface area (Å²) in [6.45, 7) is 3.88. The summed E-state index contributed by atoms with van der Waals surface area (Å²) >= 11 is 0. The van der Waals surface area contributed by atoms with Crippen molar-refractivity contribution in [2.45, 2.75) is 199 Å². The van der Waals surface area contributed by atoms with Gasteiger partial charge in [0.25, 0.3) is 0 Å². The number of hydrogen-bond acceptors (Lipinski definition) is 5. The Hall–Kier alpha value is -0.650. The van der Waals surface area contributed by atoms with Crippen LogP contribution in [-0.4, -0.2) is 46.7 Å². The number of ether oxygens (including phenoxy) is 1. The predicted molar refractivity (Wildman–Crippen MR) is 170 cm³/mol. The van der Waals surface area contributed by atoms with Crippen molar-refractivity contribution in [3.8, 4) is 0 Å². The molecule has 0 spiro atoms. The molecule has 0 aromatic rings. The highest BCUT2D eigenvalue weighted by Crippen LogP contribution is 2.22. The lowest BCUT2D eigenvalue weighted by molar-refractivity contribution is -0.156. The molecule has 0 saturated carbocycles. The van der Waals surface area contributed by atoms with Crippen molar-refractivity contribution in [3.63, 3.8) is 0 Å². The molecule has 0 saturated heterocycles. The maximum absolute atomic E-state index is 12.7. The highest BCUT2D eigenvalue weighted by molar-refractivity contribution is 5.73. The average Bonchev–Trinajstić information content (AvgIpc) is 2.96. The van der Waals surface area contributed by atoms with E-state index in [4.69, 9.17) is 9.84 Å². The van der Waals surface area contributed by atoms with Crippen LogP contribution in [-0.2, 0) is 9.53 Å². The van der Waals surface area contributed by atoms with Crippen molar-refractivity contribution in [1.29, 1.82) is 0 Å². The molecule has 0 aromatic carbocycles. The minimum atomic E-state index is -1.06. The summed E-state index contributed by atoms with van der Waals surface area (Å²) in [7, 11) is 0. The minimum Gasteiger partial charge on any atom is -0.463 e. The Morgan fingerprint density at radius 3 is 1.20 bits per heavy atom. The third kappa shape index (κ3) is 26.3. The van der Waals surface area contributed by atoms with Crippen LogP contribution in [0.3, 0.4) is 0 Å². The van der Waals surface area contributed by atoms with Gasteiger partial charge in [0.2, 0.25) is 0 Å². The van der Waals surface area contributed by atoms with Gasteiger partial charge in [-0.2, -0.15) is 0 Å². The van der Waals surface area contributed by atoms with Gasteiger partial charge in [0.05, 0.1) is 18.6 Å². The average molecular weight is 571 g/mol. The van der Waals surface area contributed by atoms with Crippen LogP contribution in [0.25, 0.3) is 0 Å². The standard InChI is InChI=1S/C35H70O5/c1-3-5-7-9-11-13-15-17-19-21-23-25-27-29-34(38)33(35(39)40-31-32(37)30-36)28-26-24-22-20-18-16-14-12-10-8-6-4-2/h32-34,36-38H,3-31H2,1-2H3/t32-,33+,34-/m0/s1. The van der Waals surface area contributed by atoms with Crippen LogP contribution in [0.5, 0.6) is 0 Å². The second kappa shape index (κ2) is 31.3. The second-order valence-corrected chi connectivity index (χ2v) is 12.3. The lowest BCUT2D eigenvalue weighted by atomic mass is 9.91. The van der Waals surface area contributed by atoms with E-state index in [9.17, 15) is 15.0 Å². The van der Waals surface area contributed by atoms with Crippen LogP contribution in [0.4, 0.5) is 0 Å². The van der Waals surface area contributed by atoms with E-state index >= 15 is 0 Å². The van der Waals surface area contributed by atoms with E-state index in [1.807, 2.05) is 0 Å². The molecule has 0 fully saturated rings. The molecule has 0 aliphatic carbocycles. The highest BCUT2D eigenvalue weighted by atomic mass is 16.5. The topological polar surface area (TPSA) is 87.0 Å². The van der Waals surface area contributed by atoms with Crippen molar-refractivity contribution in [3.05, 3.63) is 0 Å². The molecule has 0 rings (SSSR count). The van der Waals surface area contributed by atoms with Crippen molar-refractivity contribution >= 4 is 5.97 Å². The fourth-order valence-electron chi connectivity index (χ4n) is 5.58. The summed E-state index contributed by atoms with van der Waals surface area (Å²) in [4.78, 5) is 12.7. The Balaban J connectivity index is 4.06. The molecular formula is C35H70O5. The smallest absolute Gasteiger partial charge is 0.311 e. The quantitative estimate of drug-likeness (QED) is 0.0554. The number of aliphatic hydroxyl groups is 3. The van der Waals surface area contributed by atoms with Gasteiger partial charge in [0.1, 0.15) is 12.7 Å². The zero-order chi connectivity index (χ0) is 29.5. The van der Waals surface area contributed by atoms with Gasteiger partial charge in [-0.15, -0.1) is 0 Å². The first-order valence-corrected chi connectivity index (χ1v) is 17.7. The highest BCUT2D eigenvalue weighted by Gasteiger charge is 2.28. The number of carbonyl (C=O) groups is 1. The Morgan fingerprint density at radius 1 is 0.525 bits per heavy atom. The van der Waals surface area contributed by atoms with Crippen LogP contribution >= 0.6 is 0 Å². The van der Waals surface area contributed by atoms with Crippen molar-refractivity contribution < 1.29 is 24.9 Å². The molecule has 40 heavy (non-hydrogen) atoms. The number of carbonyl (C=O) groups excluding carboxylic acids is 1. The second-order valence-electron chi connectivity index (χ2n) is 12.3. The maximum atomic E-state index is 12.7. The van der Waals surface area contributed by atoms with Gasteiger partial charge in [-0.3, -0.25) is 4.79 Å². The fourth-order valence-corrected chi connectivity index (χ4v) is 5.58. The largest absolute Gasteiger partial charge is 0.463 e. The molecule has 5 heteroatoms. The SMILES string of the molecule is CCCCCCCCCCCCCCC[C@H](O)[C@@H](CCCCCCCCCCCCCC)C(=O)OC[C@@H](O)CO. The Bertz CT molecular complexity index is 512. The lowest BCUT2D eigenvalue weighted by Gasteiger charge is -2.22. The molecule has 240 valence electrons. The summed E-state index contributed by atoms with van der Waals surface area (Å²) < 4.78 is 5.25. The van der Waals surface area contributed by atoms with Gasteiger partial charge in [-0.1, -0.05) is 174 Å². The van der Waals surface area contributed by atoms with Crippen molar-refractivity contribution in [2.24, 2.45) is 5.92 Å². The van der Waals surface area contributed by atoms with Crippen molar-refractivity contribution in [1.82, 2.24) is 0 Å². The van der Waals surface area contributed by atoms with Crippen LogP contribution in [0, 0.1) is 5.92 Å². The number of rotatable bonds is 32. The summed E-state index contributed by atoms with van der Waals surface area (Å²) in [5.74, 6) is -0.968. The molecule has 0 unspecified atom stereocenters. The Kier molecular flexibility index (Phi) is 30.8. The van der Waals surface area contributed by atoms with Crippen molar-refractivity contribution in [2.75, 3.05) is 13.2 Å². The minimum absolute atomic E-state index is 0.213. The van der Waals surface area contributed by atoms with Crippen LogP contribution in [0.1, 0.15) is 187 Å². The number of esters is 1. The lowest BCUT2D eigenvalue weighted by Crippen LogP contribution is -2.32. The number of hydrogen-bond donors (Lipinski definition) is 3. The zero-order valence-corrected chi connectivity index (χ0v) is 26.9. The Labute approximate surface area is 249 Å². The van der Waals surface area contributed by atoms with E-state index in [0.29, 0.717) is 12.8 Å². The maximum Gasteiger partial charge on any atom is 0.311 e. The molecule has 0 aromatic heterocycles. The van der Waals surface area contributed by atoms with Crippen LogP contribution in [0.15, 0.2) is 0 Å². The van der Waals surface area contributed by atoms with Crippen LogP contribution < -0.4 is 0 Å². The van der Waals surface area contributed by atoms with Gasteiger partial charge < -0.3 is 20.1 Å².